The van der Waals surface area contributed by atoms with Gasteiger partial charge in [0.2, 0.25) is 5.91 Å². The number of esters is 1. The number of aryl methyl sites for hydroxylation is 2. The van der Waals surface area contributed by atoms with Crippen LogP contribution in [0.2, 0.25) is 0 Å². The van der Waals surface area contributed by atoms with Gasteiger partial charge in [0, 0.05) is 24.3 Å². The molecule has 34 heavy (non-hydrogen) atoms. The average molecular weight is 479 g/mol. The molecular weight excluding hydrogens is 448 g/mol. The molecule has 0 unspecified atom stereocenters. The van der Waals surface area contributed by atoms with E-state index in [9.17, 15) is 9.59 Å². The summed E-state index contributed by atoms with van der Waals surface area (Å²) in [5, 5.41) is 9.57. The van der Waals surface area contributed by atoms with Crippen LogP contribution in [0.25, 0.3) is 17.1 Å². The molecule has 7 nitrogen and oxygen atoms in total. The molecule has 2 heterocycles. The van der Waals surface area contributed by atoms with Crippen LogP contribution >= 0.6 is 11.8 Å². The Morgan fingerprint density at radius 3 is 2.21 bits per heavy atom. The third kappa shape index (κ3) is 5.50. The van der Waals surface area contributed by atoms with Crippen molar-refractivity contribution in [3.05, 3.63) is 59.7 Å². The lowest BCUT2D eigenvalue weighted by Gasteiger charge is -2.30. The lowest BCUT2D eigenvalue weighted by atomic mass is 9.97. The van der Waals surface area contributed by atoms with E-state index in [1.165, 1.54) is 22.9 Å². The highest BCUT2D eigenvalue weighted by molar-refractivity contribution is 7.99. The molecule has 0 saturated carbocycles. The largest absolute Gasteiger partial charge is 0.466 e. The minimum absolute atomic E-state index is 0.0441. The number of carbonyl (C=O) groups excluding carboxylic acids is 2. The van der Waals surface area contributed by atoms with Crippen LogP contribution in [0.1, 0.15) is 30.9 Å². The molecule has 1 fully saturated rings. The number of aromatic nitrogens is 3. The van der Waals surface area contributed by atoms with Crippen LogP contribution in [0.3, 0.4) is 0 Å². The van der Waals surface area contributed by atoms with E-state index in [0.717, 1.165) is 17.1 Å². The Morgan fingerprint density at radius 1 is 0.971 bits per heavy atom. The summed E-state index contributed by atoms with van der Waals surface area (Å²) in [7, 11) is 0. The van der Waals surface area contributed by atoms with Gasteiger partial charge in [-0.25, -0.2) is 0 Å². The van der Waals surface area contributed by atoms with Gasteiger partial charge in [0.15, 0.2) is 11.0 Å². The smallest absolute Gasteiger partial charge is 0.309 e. The van der Waals surface area contributed by atoms with Crippen LogP contribution in [0.5, 0.6) is 0 Å². The monoisotopic (exact) mass is 478 g/mol. The maximum Gasteiger partial charge on any atom is 0.309 e. The second kappa shape index (κ2) is 10.9. The molecule has 1 saturated heterocycles. The predicted molar refractivity (Wildman–Crippen MR) is 133 cm³/mol. The molecule has 1 aliphatic heterocycles. The van der Waals surface area contributed by atoms with Crippen LogP contribution in [0.15, 0.2) is 53.7 Å². The maximum absolute atomic E-state index is 12.9. The van der Waals surface area contributed by atoms with E-state index in [1.54, 1.807) is 0 Å². The van der Waals surface area contributed by atoms with Gasteiger partial charge in [-0.2, -0.15) is 0 Å². The van der Waals surface area contributed by atoms with Crippen LogP contribution < -0.4 is 0 Å². The van der Waals surface area contributed by atoms with Gasteiger partial charge in [-0.1, -0.05) is 59.3 Å². The fourth-order valence-electron chi connectivity index (χ4n) is 4.02. The number of piperidine rings is 1. The number of nitrogens with zero attached hydrogens (tertiary/aromatic N) is 4. The summed E-state index contributed by atoms with van der Waals surface area (Å²) in [5.41, 5.74) is 4.27. The number of ether oxygens (including phenoxy) is 1. The van der Waals surface area contributed by atoms with Crippen LogP contribution in [0, 0.1) is 19.8 Å². The molecule has 8 heteroatoms. The zero-order valence-corrected chi connectivity index (χ0v) is 20.7. The molecule has 0 bridgehead atoms. The lowest BCUT2D eigenvalue weighted by molar-refractivity contribution is -0.151. The first-order chi connectivity index (χ1) is 16.5. The molecular formula is C26H30N4O3S. The first-order valence-corrected chi connectivity index (χ1v) is 12.6. The van der Waals surface area contributed by atoms with Crippen molar-refractivity contribution in [3.63, 3.8) is 0 Å². The fraction of sp³-hybridized carbons (Fsp3) is 0.385. The van der Waals surface area contributed by atoms with Crippen molar-refractivity contribution in [2.24, 2.45) is 5.92 Å². The minimum Gasteiger partial charge on any atom is -0.466 e. The summed E-state index contributed by atoms with van der Waals surface area (Å²) in [4.78, 5) is 26.7. The third-order valence-electron chi connectivity index (χ3n) is 6.03. The first kappa shape index (κ1) is 24.0. The Hall–Kier alpha value is -3.13. The molecule has 1 amide bonds. The summed E-state index contributed by atoms with van der Waals surface area (Å²) in [6.45, 7) is 7.45. The third-order valence-corrected chi connectivity index (χ3v) is 6.94. The first-order valence-electron chi connectivity index (χ1n) is 11.6. The standard InChI is InChI=1S/C26H30N4O3S/c1-4-33-25(32)21-13-15-29(16-14-21)23(31)17-34-26-28-27-24(20-9-5-18(2)6-10-20)30(26)22-11-7-19(3)8-12-22/h5-12,21H,4,13-17H2,1-3H3. The van der Waals surface area contributed by atoms with E-state index >= 15 is 0 Å². The number of likely N-dealkylation sites (tertiary alicyclic amines) is 1. The molecule has 1 aromatic heterocycles. The number of hydrogen-bond donors (Lipinski definition) is 0. The van der Waals surface area contributed by atoms with Crippen LogP contribution in [0.4, 0.5) is 0 Å². The van der Waals surface area contributed by atoms with Gasteiger partial charge in [0.1, 0.15) is 0 Å². The molecule has 0 spiro atoms. The van der Waals surface area contributed by atoms with Crippen LogP contribution in [-0.4, -0.2) is 57.0 Å². The van der Waals surface area contributed by atoms with Crippen molar-refractivity contribution < 1.29 is 14.3 Å². The summed E-state index contributed by atoms with van der Waals surface area (Å²) < 4.78 is 7.13. The maximum atomic E-state index is 12.9. The average Bonchev–Trinajstić information content (AvgIpc) is 3.27. The molecule has 2 aromatic carbocycles. The normalized spacial score (nSPS) is 14.3. The zero-order chi connectivity index (χ0) is 24.1. The number of benzene rings is 2. The van der Waals surface area contributed by atoms with Gasteiger partial charge in [0.05, 0.1) is 18.3 Å². The molecule has 0 aliphatic carbocycles. The highest BCUT2D eigenvalue weighted by Gasteiger charge is 2.28. The highest BCUT2D eigenvalue weighted by Crippen LogP contribution is 2.29. The van der Waals surface area contributed by atoms with Crippen molar-refractivity contribution in [3.8, 4) is 17.1 Å². The van der Waals surface area contributed by atoms with E-state index in [4.69, 9.17) is 4.74 Å². The molecule has 1 aliphatic rings. The van der Waals surface area contributed by atoms with Gasteiger partial charge in [-0.3, -0.25) is 14.2 Å². The van der Waals surface area contributed by atoms with E-state index in [2.05, 4.69) is 48.3 Å². The minimum atomic E-state index is -0.154. The Balaban J connectivity index is 1.49. The van der Waals surface area contributed by atoms with E-state index in [1.807, 2.05) is 40.7 Å². The molecule has 4 rings (SSSR count). The van der Waals surface area contributed by atoms with Crippen molar-refractivity contribution in [1.82, 2.24) is 19.7 Å². The number of amides is 1. The topological polar surface area (TPSA) is 77.3 Å². The SMILES string of the molecule is CCOC(=O)C1CCN(C(=O)CSc2nnc(-c3ccc(C)cc3)n2-c2ccc(C)cc2)CC1. The number of rotatable bonds is 7. The Kier molecular flexibility index (Phi) is 7.67. The summed E-state index contributed by atoms with van der Waals surface area (Å²) in [5.74, 6) is 0.788. The number of thioether (sulfide) groups is 1. The Labute approximate surface area is 204 Å². The van der Waals surface area contributed by atoms with Crippen LogP contribution in [-0.2, 0) is 14.3 Å². The van der Waals surface area contributed by atoms with Crippen molar-refractivity contribution in [2.75, 3.05) is 25.4 Å². The van der Waals surface area contributed by atoms with E-state index in [0.29, 0.717) is 37.7 Å². The fourth-order valence-corrected chi connectivity index (χ4v) is 4.88. The zero-order valence-electron chi connectivity index (χ0n) is 19.9. The van der Waals surface area contributed by atoms with Gasteiger partial charge >= 0.3 is 5.97 Å². The Morgan fingerprint density at radius 2 is 1.59 bits per heavy atom. The lowest BCUT2D eigenvalue weighted by Crippen LogP contribution is -2.41. The van der Waals surface area contributed by atoms with E-state index < -0.39 is 0 Å². The second-order valence-electron chi connectivity index (χ2n) is 8.54. The summed E-state index contributed by atoms with van der Waals surface area (Å²) in [6, 6.07) is 16.4. The van der Waals surface area contributed by atoms with E-state index in [-0.39, 0.29) is 23.5 Å². The highest BCUT2D eigenvalue weighted by atomic mass is 32.2. The summed E-state index contributed by atoms with van der Waals surface area (Å²) in [6.07, 6.45) is 1.29. The molecule has 0 radical (unpaired) electrons. The number of carbonyl (C=O) groups is 2. The number of hydrogen-bond acceptors (Lipinski definition) is 6. The molecule has 3 aromatic rings. The van der Waals surface area contributed by atoms with Gasteiger partial charge < -0.3 is 9.64 Å². The summed E-state index contributed by atoms with van der Waals surface area (Å²) >= 11 is 1.39. The quantitative estimate of drug-likeness (QED) is 0.369. The van der Waals surface area contributed by atoms with Crippen molar-refractivity contribution >= 4 is 23.6 Å². The van der Waals surface area contributed by atoms with Gasteiger partial charge in [-0.15, -0.1) is 10.2 Å². The van der Waals surface area contributed by atoms with Gasteiger partial charge in [-0.05, 0) is 45.7 Å². The molecule has 0 N–H and O–H groups in total. The molecule has 0 atom stereocenters. The van der Waals surface area contributed by atoms with Crippen molar-refractivity contribution in [1.29, 1.82) is 0 Å². The predicted octanol–water partition coefficient (Wildman–Crippen LogP) is 4.44. The Bertz CT molecular complexity index is 1130. The molecule has 178 valence electrons. The second-order valence-corrected chi connectivity index (χ2v) is 9.48. The van der Waals surface area contributed by atoms with Crippen molar-refractivity contribution in [2.45, 2.75) is 38.8 Å². The van der Waals surface area contributed by atoms with Gasteiger partial charge in [0.25, 0.3) is 0 Å².